The molecular weight excluding hydrogens is 510 g/mol. The fourth-order valence-electron chi connectivity index (χ4n) is 4.46. The van der Waals surface area contributed by atoms with Gasteiger partial charge in [-0.2, -0.15) is 0 Å². The maximum absolute atomic E-state index is 14.0. The second-order valence-electron chi connectivity index (χ2n) is 9.65. The van der Waals surface area contributed by atoms with Crippen molar-refractivity contribution in [2.45, 2.75) is 57.9 Å². The van der Waals surface area contributed by atoms with Crippen LogP contribution in [0.2, 0.25) is 0 Å². The molecule has 0 fully saturated rings. The van der Waals surface area contributed by atoms with Gasteiger partial charge in [0.2, 0.25) is 11.8 Å². The van der Waals surface area contributed by atoms with E-state index in [1.54, 1.807) is 36.4 Å². The highest BCUT2D eigenvalue weighted by Crippen LogP contribution is 2.27. The Morgan fingerprint density at radius 1 is 0.872 bits per heavy atom. The Balaban J connectivity index is 2.01. The Hall–Kier alpha value is -3.65. The van der Waals surface area contributed by atoms with Crippen LogP contribution in [0.5, 0.6) is 0 Å². The molecular formula is C31H39N3O4S. The smallest absolute Gasteiger partial charge is 0.264 e. The largest absolute Gasteiger partial charge is 0.354 e. The first-order valence-electron chi connectivity index (χ1n) is 13.4. The van der Waals surface area contributed by atoms with Gasteiger partial charge >= 0.3 is 0 Å². The lowest BCUT2D eigenvalue weighted by atomic mass is 10.1. The SMILES string of the molecule is CCCNC(=O)C(CC)N(CCc1ccccc1)C(=O)CN(c1ccccc1C)S(=O)(=O)c1ccc(C)cc1. The van der Waals surface area contributed by atoms with Crippen molar-refractivity contribution >= 4 is 27.5 Å². The number of aryl methyl sites for hydroxylation is 2. The van der Waals surface area contributed by atoms with Crippen LogP contribution in [0.1, 0.15) is 43.4 Å². The van der Waals surface area contributed by atoms with Gasteiger partial charge in [-0.3, -0.25) is 13.9 Å². The third-order valence-corrected chi connectivity index (χ3v) is 8.47. The number of benzene rings is 3. The van der Waals surface area contributed by atoms with Crippen LogP contribution >= 0.6 is 0 Å². The molecule has 0 spiro atoms. The molecule has 8 heteroatoms. The van der Waals surface area contributed by atoms with E-state index in [0.717, 1.165) is 23.1 Å². The molecule has 208 valence electrons. The highest BCUT2D eigenvalue weighted by molar-refractivity contribution is 7.92. The molecule has 1 unspecified atom stereocenters. The number of sulfonamides is 1. The lowest BCUT2D eigenvalue weighted by Crippen LogP contribution is -2.53. The summed E-state index contributed by atoms with van der Waals surface area (Å²) in [6.07, 6.45) is 1.72. The predicted molar refractivity (Wildman–Crippen MR) is 156 cm³/mol. The minimum Gasteiger partial charge on any atom is -0.354 e. The first-order chi connectivity index (χ1) is 18.7. The number of amides is 2. The summed E-state index contributed by atoms with van der Waals surface area (Å²) in [7, 11) is -4.07. The Morgan fingerprint density at radius 3 is 2.13 bits per heavy atom. The summed E-state index contributed by atoms with van der Waals surface area (Å²) in [6.45, 7) is 7.90. The third kappa shape index (κ3) is 7.69. The summed E-state index contributed by atoms with van der Waals surface area (Å²) >= 11 is 0. The molecule has 0 saturated carbocycles. The number of carbonyl (C=O) groups excluding carboxylic acids is 2. The number of hydrogen-bond acceptors (Lipinski definition) is 4. The van der Waals surface area contributed by atoms with Gasteiger partial charge in [0.05, 0.1) is 10.6 Å². The zero-order valence-corrected chi connectivity index (χ0v) is 24.1. The van der Waals surface area contributed by atoms with Gasteiger partial charge in [-0.25, -0.2) is 8.42 Å². The summed E-state index contributed by atoms with van der Waals surface area (Å²) in [6, 6.07) is 22.7. The van der Waals surface area contributed by atoms with Crippen molar-refractivity contribution in [3.63, 3.8) is 0 Å². The van der Waals surface area contributed by atoms with E-state index in [1.165, 1.54) is 9.21 Å². The van der Waals surface area contributed by atoms with Crippen molar-refractivity contribution in [1.82, 2.24) is 10.2 Å². The molecule has 0 radical (unpaired) electrons. The Morgan fingerprint density at radius 2 is 1.51 bits per heavy atom. The van der Waals surface area contributed by atoms with Crippen molar-refractivity contribution in [1.29, 1.82) is 0 Å². The van der Waals surface area contributed by atoms with Gasteiger partial charge in [-0.15, -0.1) is 0 Å². The van der Waals surface area contributed by atoms with E-state index in [2.05, 4.69) is 5.32 Å². The van der Waals surface area contributed by atoms with Crippen molar-refractivity contribution in [3.8, 4) is 0 Å². The summed E-state index contributed by atoms with van der Waals surface area (Å²) in [5, 5.41) is 2.91. The first-order valence-corrected chi connectivity index (χ1v) is 14.9. The van der Waals surface area contributed by atoms with E-state index < -0.39 is 28.5 Å². The topological polar surface area (TPSA) is 86.8 Å². The van der Waals surface area contributed by atoms with Crippen molar-refractivity contribution < 1.29 is 18.0 Å². The zero-order chi connectivity index (χ0) is 28.4. The number of carbonyl (C=O) groups is 2. The molecule has 1 N–H and O–H groups in total. The number of rotatable bonds is 13. The van der Waals surface area contributed by atoms with Gasteiger partial charge in [0.25, 0.3) is 10.0 Å². The standard InChI is InChI=1S/C31H39N3O4S/c1-5-21-32-31(36)28(6-2)33(22-20-26-13-8-7-9-14-26)30(35)23-34(29-15-11-10-12-25(29)4)39(37,38)27-18-16-24(3)17-19-27/h7-19,28H,5-6,20-23H2,1-4H3,(H,32,36). The molecule has 3 aromatic rings. The van der Waals surface area contributed by atoms with E-state index in [0.29, 0.717) is 25.1 Å². The van der Waals surface area contributed by atoms with Crippen LogP contribution in [0.15, 0.2) is 83.8 Å². The molecule has 0 bridgehead atoms. The lowest BCUT2D eigenvalue weighted by molar-refractivity contribution is -0.139. The molecule has 0 saturated heterocycles. The molecule has 1 atom stereocenters. The normalized spacial score (nSPS) is 12.0. The van der Waals surface area contributed by atoms with Crippen LogP contribution in [0.25, 0.3) is 0 Å². The number of hydrogen-bond donors (Lipinski definition) is 1. The number of nitrogens with zero attached hydrogens (tertiary/aromatic N) is 2. The lowest BCUT2D eigenvalue weighted by Gasteiger charge is -2.33. The molecule has 3 rings (SSSR count). The molecule has 39 heavy (non-hydrogen) atoms. The van der Waals surface area contributed by atoms with Gasteiger partial charge < -0.3 is 10.2 Å². The second kappa shape index (κ2) is 13.9. The maximum Gasteiger partial charge on any atom is 0.264 e. The summed E-state index contributed by atoms with van der Waals surface area (Å²) in [5.41, 5.74) is 3.12. The number of anilines is 1. The maximum atomic E-state index is 14.0. The van der Waals surface area contributed by atoms with Gasteiger partial charge in [0.1, 0.15) is 12.6 Å². The molecule has 0 heterocycles. The quantitative estimate of drug-likeness (QED) is 0.329. The summed E-state index contributed by atoms with van der Waals surface area (Å²) in [4.78, 5) is 28.8. The molecule has 7 nitrogen and oxygen atoms in total. The average molecular weight is 550 g/mol. The molecule has 0 aliphatic rings. The van der Waals surface area contributed by atoms with E-state index in [4.69, 9.17) is 0 Å². The fraction of sp³-hybridized carbons (Fsp3) is 0.355. The molecule has 0 aliphatic carbocycles. The Kier molecular flexibility index (Phi) is 10.7. The number of nitrogens with one attached hydrogen (secondary N) is 1. The van der Waals surface area contributed by atoms with E-state index in [-0.39, 0.29) is 17.3 Å². The van der Waals surface area contributed by atoms with Crippen LogP contribution < -0.4 is 9.62 Å². The highest BCUT2D eigenvalue weighted by Gasteiger charge is 2.33. The fourth-order valence-corrected chi connectivity index (χ4v) is 5.93. The van der Waals surface area contributed by atoms with Crippen LogP contribution in [0.3, 0.4) is 0 Å². The van der Waals surface area contributed by atoms with Gasteiger partial charge in [0, 0.05) is 13.1 Å². The van der Waals surface area contributed by atoms with Crippen molar-refractivity contribution in [2.75, 3.05) is 23.9 Å². The van der Waals surface area contributed by atoms with Crippen LogP contribution in [-0.4, -0.2) is 50.8 Å². The number of para-hydroxylation sites is 1. The monoisotopic (exact) mass is 549 g/mol. The van der Waals surface area contributed by atoms with E-state index in [9.17, 15) is 18.0 Å². The summed E-state index contributed by atoms with van der Waals surface area (Å²) < 4.78 is 29.0. The molecule has 0 aliphatic heterocycles. The third-order valence-electron chi connectivity index (χ3n) is 6.69. The second-order valence-corrected chi connectivity index (χ2v) is 11.5. The average Bonchev–Trinajstić information content (AvgIpc) is 2.93. The Bertz CT molecular complexity index is 1340. The van der Waals surface area contributed by atoms with Gasteiger partial charge in [-0.05, 0) is 62.4 Å². The van der Waals surface area contributed by atoms with Crippen molar-refractivity contribution in [2.24, 2.45) is 0 Å². The molecule has 0 aromatic heterocycles. The van der Waals surface area contributed by atoms with E-state index in [1.807, 2.05) is 70.2 Å². The Labute approximate surface area is 232 Å². The van der Waals surface area contributed by atoms with Crippen LogP contribution in [0, 0.1) is 13.8 Å². The minimum atomic E-state index is -4.07. The van der Waals surface area contributed by atoms with Gasteiger partial charge in [-0.1, -0.05) is 80.1 Å². The molecule has 3 aromatic carbocycles. The van der Waals surface area contributed by atoms with Crippen LogP contribution in [-0.2, 0) is 26.0 Å². The highest BCUT2D eigenvalue weighted by atomic mass is 32.2. The van der Waals surface area contributed by atoms with E-state index >= 15 is 0 Å². The minimum absolute atomic E-state index is 0.104. The van der Waals surface area contributed by atoms with Gasteiger partial charge in [0.15, 0.2) is 0 Å². The zero-order valence-electron chi connectivity index (χ0n) is 23.3. The molecule has 2 amide bonds. The summed E-state index contributed by atoms with van der Waals surface area (Å²) in [5.74, 6) is -0.659. The predicted octanol–water partition coefficient (Wildman–Crippen LogP) is 4.87. The van der Waals surface area contributed by atoms with Crippen molar-refractivity contribution in [3.05, 3.63) is 95.6 Å². The van der Waals surface area contributed by atoms with Crippen LogP contribution in [0.4, 0.5) is 5.69 Å². The first kappa shape index (κ1) is 29.9.